The number of rotatable bonds is 7. The lowest BCUT2D eigenvalue weighted by Gasteiger charge is -2.16. The van der Waals surface area contributed by atoms with Crippen LogP contribution in [-0.4, -0.2) is 14.6 Å². The second kappa shape index (κ2) is 10.7. The van der Waals surface area contributed by atoms with Gasteiger partial charge in [-0.15, -0.1) is 0 Å². The fraction of sp³-hybridized carbons (Fsp3) is 0.130. The third kappa shape index (κ3) is 6.03. The molecule has 0 amide bonds. The van der Waals surface area contributed by atoms with Crippen molar-refractivity contribution >= 4 is 26.9 Å². The molecule has 3 aromatic carbocycles. The van der Waals surface area contributed by atoms with Gasteiger partial charge in [-0.25, -0.2) is 0 Å². The first-order valence-electron chi connectivity index (χ1n) is 8.50. The molecule has 0 bridgehead atoms. The summed E-state index contributed by atoms with van der Waals surface area (Å²) in [6.45, 7) is 0. The molecule has 0 fully saturated rings. The summed E-state index contributed by atoms with van der Waals surface area (Å²) in [4.78, 5) is 0. The van der Waals surface area contributed by atoms with Crippen LogP contribution in [0.3, 0.4) is 0 Å². The zero-order chi connectivity index (χ0) is 16.5. The molecule has 2 heteroatoms. The Morgan fingerprint density at radius 3 is 1.60 bits per heavy atom. The van der Waals surface area contributed by atoms with E-state index in [9.17, 15) is 0 Å². The summed E-state index contributed by atoms with van der Waals surface area (Å²) in [7, 11) is -0.309. The van der Waals surface area contributed by atoms with Gasteiger partial charge in [0, 0.05) is 8.41 Å². The van der Waals surface area contributed by atoms with Crippen molar-refractivity contribution in [3.63, 3.8) is 0 Å². The van der Waals surface area contributed by atoms with Crippen LogP contribution in [0.25, 0.3) is 0 Å². The number of hydrogen-bond acceptors (Lipinski definition) is 0. The van der Waals surface area contributed by atoms with Crippen LogP contribution in [0.5, 0.6) is 0 Å². The molecule has 3 aromatic rings. The lowest BCUT2D eigenvalue weighted by atomic mass is 10.1. The minimum Gasteiger partial charge on any atom is -0.0878 e. The van der Waals surface area contributed by atoms with E-state index in [4.69, 9.17) is 0 Å². The smallest absolute Gasteiger partial charge is 0 e. The fourth-order valence-electron chi connectivity index (χ4n) is 2.77. The van der Waals surface area contributed by atoms with Crippen molar-refractivity contribution in [1.82, 2.24) is 0 Å². The van der Waals surface area contributed by atoms with E-state index in [1.165, 1.54) is 16.2 Å². The highest BCUT2D eigenvalue weighted by molar-refractivity contribution is 7.73. The van der Waals surface area contributed by atoms with E-state index in [0.29, 0.717) is 0 Å². The van der Waals surface area contributed by atoms with Crippen LogP contribution >= 0.6 is 7.92 Å². The van der Waals surface area contributed by atoms with E-state index in [1.54, 1.807) is 0 Å². The number of benzene rings is 3. The molecule has 3 rings (SSSR count). The first-order chi connectivity index (χ1) is 11.9. The summed E-state index contributed by atoms with van der Waals surface area (Å²) in [6.07, 6.45) is 8.05. The van der Waals surface area contributed by atoms with Crippen molar-refractivity contribution in [3.8, 4) is 0 Å². The van der Waals surface area contributed by atoms with E-state index >= 15 is 0 Å². The number of hydrogen-bond donors (Lipinski definition) is 0. The number of aryl methyl sites for hydroxylation is 1. The topological polar surface area (TPSA) is 0 Å². The monoisotopic (exact) mass is 341 g/mol. The lowest BCUT2D eigenvalue weighted by Crippen LogP contribution is -2.12. The summed E-state index contributed by atoms with van der Waals surface area (Å²) < 4.78 is 0. The van der Waals surface area contributed by atoms with E-state index in [0.717, 1.165) is 19.0 Å². The average Bonchev–Trinajstić information content (AvgIpc) is 2.67. The third-order valence-corrected chi connectivity index (χ3v) is 6.45. The Bertz CT molecular complexity index is 699. The van der Waals surface area contributed by atoms with Crippen LogP contribution in [0.15, 0.2) is 103 Å². The van der Waals surface area contributed by atoms with Crippen LogP contribution in [0, 0.1) is 0 Å². The van der Waals surface area contributed by atoms with Crippen molar-refractivity contribution in [1.29, 1.82) is 0 Å². The Balaban J connectivity index is 0.00000225. The summed E-state index contributed by atoms with van der Waals surface area (Å²) in [5.41, 5.74) is 1.41. The van der Waals surface area contributed by atoms with Gasteiger partial charge in [-0.05, 0) is 43.1 Å². The predicted octanol–water partition coefficient (Wildman–Crippen LogP) is 4.93. The Labute approximate surface area is 155 Å². The van der Waals surface area contributed by atoms with Gasteiger partial charge in [0.25, 0.3) is 0 Å². The normalized spacial score (nSPS) is 10.8. The Morgan fingerprint density at radius 1 is 0.600 bits per heavy atom. The fourth-order valence-corrected chi connectivity index (χ4v) is 4.91. The molecule has 0 saturated heterocycles. The van der Waals surface area contributed by atoms with Gasteiger partial charge < -0.3 is 0 Å². The van der Waals surface area contributed by atoms with Crippen molar-refractivity contribution in [2.75, 3.05) is 6.16 Å². The maximum absolute atomic E-state index is 2.37. The highest BCUT2D eigenvalue weighted by Crippen LogP contribution is 2.33. The zero-order valence-corrected chi connectivity index (χ0v) is 15.4. The second-order valence-corrected chi connectivity index (χ2v) is 8.03. The summed E-state index contributed by atoms with van der Waals surface area (Å²) in [6, 6.07) is 32.5. The molecule has 0 unspecified atom stereocenters. The molecule has 0 nitrogen and oxygen atoms in total. The van der Waals surface area contributed by atoms with Gasteiger partial charge in [0.2, 0.25) is 0 Å². The molecule has 0 aromatic heterocycles. The molecular weight excluding hydrogens is 318 g/mol. The van der Waals surface area contributed by atoms with Crippen molar-refractivity contribution in [3.05, 3.63) is 109 Å². The zero-order valence-electron chi connectivity index (χ0n) is 14.5. The Kier molecular flexibility index (Phi) is 8.22. The molecule has 0 atom stereocenters. The molecule has 3 radical (unpaired) electrons. The van der Waals surface area contributed by atoms with E-state index in [1.807, 2.05) is 0 Å². The SMILES string of the molecule is C(=C/CP(c1ccccc1)c1ccccc1)/CCc1ccccc1.[B]. The molecule has 0 saturated carbocycles. The minimum atomic E-state index is -0.309. The highest BCUT2D eigenvalue weighted by atomic mass is 31.1. The van der Waals surface area contributed by atoms with E-state index in [2.05, 4.69) is 103 Å². The lowest BCUT2D eigenvalue weighted by molar-refractivity contribution is 1.000. The van der Waals surface area contributed by atoms with Crippen LogP contribution in [0.4, 0.5) is 0 Å². The first-order valence-corrected chi connectivity index (χ1v) is 10.0. The van der Waals surface area contributed by atoms with Crippen LogP contribution in [0.2, 0.25) is 0 Å². The summed E-state index contributed by atoms with van der Waals surface area (Å²) in [5, 5.41) is 2.90. The maximum Gasteiger partial charge on any atom is 0 e. The second-order valence-electron chi connectivity index (χ2n) is 5.78. The molecule has 0 N–H and O–H groups in total. The molecular formula is C23H23BP. The molecule has 0 heterocycles. The Hall–Kier alpha value is -2.11. The molecule has 0 aliphatic heterocycles. The summed E-state index contributed by atoms with van der Waals surface area (Å²) in [5.74, 6) is 0. The standard InChI is InChI=1S/C23H23P.B/c1-5-13-21(14-6-1)15-7-4-12-20-24(22-16-8-2-9-17-22)23-18-10-3-11-19-23;/h1-6,8-14,16-19H,7,15,20H2;/b12-4-;. The van der Waals surface area contributed by atoms with Gasteiger partial charge >= 0.3 is 0 Å². The van der Waals surface area contributed by atoms with Crippen molar-refractivity contribution < 1.29 is 0 Å². The van der Waals surface area contributed by atoms with Crippen molar-refractivity contribution in [2.45, 2.75) is 12.8 Å². The van der Waals surface area contributed by atoms with Crippen molar-refractivity contribution in [2.24, 2.45) is 0 Å². The Morgan fingerprint density at radius 2 is 1.08 bits per heavy atom. The third-order valence-electron chi connectivity index (χ3n) is 4.03. The number of allylic oxidation sites excluding steroid dienone is 2. The van der Waals surface area contributed by atoms with Crippen LogP contribution in [-0.2, 0) is 6.42 Å². The van der Waals surface area contributed by atoms with Gasteiger partial charge in [-0.1, -0.05) is 103 Å². The first kappa shape index (κ1) is 19.2. The molecule has 0 aliphatic rings. The van der Waals surface area contributed by atoms with Gasteiger partial charge in [0.1, 0.15) is 0 Å². The molecule has 25 heavy (non-hydrogen) atoms. The largest absolute Gasteiger partial charge is 0.0878 e. The quantitative estimate of drug-likeness (QED) is 0.325. The predicted molar refractivity (Wildman–Crippen MR) is 114 cm³/mol. The molecule has 0 spiro atoms. The van der Waals surface area contributed by atoms with Gasteiger partial charge in [0.05, 0.1) is 0 Å². The average molecular weight is 341 g/mol. The minimum absolute atomic E-state index is 0. The summed E-state index contributed by atoms with van der Waals surface area (Å²) >= 11 is 0. The van der Waals surface area contributed by atoms with E-state index < -0.39 is 0 Å². The molecule has 123 valence electrons. The molecule has 0 aliphatic carbocycles. The van der Waals surface area contributed by atoms with Crippen LogP contribution < -0.4 is 10.6 Å². The van der Waals surface area contributed by atoms with E-state index in [-0.39, 0.29) is 16.3 Å². The highest BCUT2D eigenvalue weighted by Gasteiger charge is 2.11. The van der Waals surface area contributed by atoms with Gasteiger partial charge in [-0.3, -0.25) is 0 Å². The van der Waals surface area contributed by atoms with Gasteiger partial charge in [0.15, 0.2) is 0 Å². The van der Waals surface area contributed by atoms with Gasteiger partial charge in [-0.2, -0.15) is 0 Å². The maximum atomic E-state index is 2.37. The van der Waals surface area contributed by atoms with Crippen LogP contribution in [0.1, 0.15) is 12.0 Å².